The number of amides is 2. The zero-order chi connectivity index (χ0) is 18.8. The van der Waals surface area contributed by atoms with Crippen molar-refractivity contribution in [3.63, 3.8) is 0 Å². The van der Waals surface area contributed by atoms with Gasteiger partial charge in [0.15, 0.2) is 6.61 Å². The number of para-hydroxylation sites is 1. The number of ether oxygens (including phenoxy) is 1. The van der Waals surface area contributed by atoms with Crippen LogP contribution in [0.15, 0.2) is 24.3 Å². The van der Waals surface area contributed by atoms with E-state index >= 15 is 0 Å². The second kappa shape index (κ2) is 10.4. The van der Waals surface area contributed by atoms with Crippen LogP contribution in [0.1, 0.15) is 25.3 Å². The molecule has 0 spiro atoms. The zero-order valence-corrected chi connectivity index (χ0v) is 15.2. The van der Waals surface area contributed by atoms with Crippen molar-refractivity contribution in [1.82, 2.24) is 15.1 Å². The Kier molecular flexibility index (Phi) is 7.90. The number of nitrogens with one attached hydrogen (secondary N) is 1. The average Bonchev–Trinajstić information content (AvgIpc) is 2.67. The summed E-state index contributed by atoms with van der Waals surface area (Å²) in [6, 6.07) is 8.91. The molecule has 1 saturated heterocycles. The molecule has 1 heterocycles. The first-order chi connectivity index (χ1) is 12.6. The molecule has 1 aromatic carbocycles. The van der Waals surface area contributed by atoms with Crippen molar-refractivity contribution in [1.29, 1.82) is 5.26 Å². The van der Waals surface area contributed by atoms with Crippen LogP contribution >= 0.6 is 0 Å². The van der Waals surface area contributed by atoms with Crippen LogP contribution in [0, 0.1) is 11.3 Å². The van der Waals surface area contributed by atoms with E-state index in [1.54, 1.807) is 29.2 Å². The predicted molar refractivity (Wildman–Crippen MR) is 97.6 cm³/mol. The predicted octanol–water partition coefficient (Wildman–Crippen LogP) is 0.998. The van der Waals surface area contributed by atoms with Gasteiger partial charge in [0.1, 0.15) is 11.8 Å². The van der Waals surface area contributed by atoms with Gasteiger partial charge in [0.05, 0.1) is 12.1 Å². The molecule has 1 fully saturated rings. The van der Waals surface area contributed by atoms with Crippen LogP contribution < -0.4 is 10.1 Å². The van der Waals surface area contributed by atoms with Crippen LogP contribution in [-0.2, 0) is 9.59 Å². The summed E-state index contributed by atoms with van der Waals surface area (Å²) in [5.74, 6) is 0.352. The van der Waals surface area contributed by atoms with Crippen molar-refractivity contribution in [2.75, 3.05) is 45.9 Å². The lowest BCUT2D eigenvalue weighted by Crippen LogP contribution is -2.52. The van der Waals surface area contributed by atoms with Gasteiger partial charge in [0.2, 0.25) is 5.91 Å². The SMILES string of the molecule is CCCCNC(=O)CN1CCN(C(=O)COc2ccccc2C#N)CC1. The molecule has 0 unspecified atom stereocenters. The van der Waals surface area contributed by atoms with E-state index in [0.717, 1.165) is 19.4 Å². The summed E-state index contributed by atoms with van der Waals surface area (Å²) < 4.78 is 5.50. The van der Waals surface area contributed by atoms with Crippen molar-refractivity contribution in [3.8, 4) is 11.8 Å². The summed E-state index contributed by atoms with van der Waals surface area (Å²) in [7, 11) is 0. The summed E-state index contributed by atoms with van der Waals surface area (Å²) in [4.78, 5) is 27.9. The normalized spacial score (nSPS) is 14.5. The summed E-state index contributed by atoms with van der Waals surface area (Å²) >= 11 is 0. The molecule has 2 rings (SSSR count). The number of unbranched alkanes of at least 4 members (excludes halogenated alkanes) is 1. The minimum atomic E-state index is -0.107. The van der Waals surface area contributed by atoms with Crippen LogP contribution in [0.2, 0.25) is 0 Å². The lowest BCUT2D eigenvalue weighted by molar-refractivity contribution is -0.135. The van der Waals surface area contributed by atoms with Crippen LogP contribution in [-0.4, -0.2) is 67.5 Å². The number of nitrogens with zero attached hydrogens (tertiary/aromatic N) is 3. The van der Waals surface area contributed by atoms with Crippen molar-refractivity contribution < 1.29 is 14.3 Å². The number of hydrogen-bond donors (Lipinski definition) is 1. The Hall–Kier alpha value is -2.59. The van der Waals surface area contributed by atoms with E-state index in [9.17, 15) is 9.59 Å². The summed E-state index contributed by atoms with van der Waals surface area (Å²) in [5, 5.41) is 11.9. The van der Waals surface area contributed by atoms with Gasteiger partial charge in [-0.05, 0) is 18.6 Å². The Labute approximate surface area is 154 Å². The Morgan fingerprint density at radius 3 is 2.65 bits per heavy atom. The second-order valence-corrected chi connectivity index (χ2v) is 6.26. The summed E-state index contributed by atoms with van der Waals surface area (Å²) in [6.45, 7) is 5.58. The van der Waals surface area contributed by atoms with Gasteiger partial charge in [-0.1, -0.05) is 25.5 Å². The topological polar surface area (TPSA) is 85.7 Å². The van der Waals surface area contributed by atoms with Gasteiger partial charge >= 0.3 is 0 Å². The average molecular weight is 358 g/mol. The van der Waals surface area contributed by atoms with E-state index in [2.05, 4.69) is 17.1 Å². The fourth-order valence-corrected chi connectivity index (χ4v) is 2.73. The van der Waals surface area contributed by atoms with Crippen molar-refractivity contribution in [3.05, 3.63) is 29.8 Å². The Morgan fingerprint density at radius 2 is 1.96 bits per heavy atom. The molecule has 1 N–H and O–H groups in total. The standard InChI is InChI=1S/C19H26N4O3/c1-2-3-8-21-18(24)14-22-9-11-23(12-10-22)19(25)15-26-17-7-5-4-6-16(17)13-20/h4-7H,2-3,8-12,14-15H2,1H3,(H,21,24). The van der Waals surface area contributed by atoms with Gasteiger partial charge in [-0.25, -0.2) is 0 Å². The third kappa shape index (κ3) is 6.05. The quantitative estimate of drug-likeness (QED) is 0.701. The lowest BCUT2D eigenvalue weighted by Gasteiger charge is -2.34. The van der Waals surface area contributed by atoms with Gasteiger partial charge in [-0.15, -0.1) is 0 Å². The van der Waals surface area contributed by atoms with Gasteiger partial charge < -0.3 is 15.0 Å². The van der Waals surface area contributed by atoms with E-state index in [0.29, 0.717) is 44.0 Å². The van der Waals surface area contributed by atoms with E-state index < -0.39 is 0 Å². The van der Waals surface area contributed by atoms with Crippen molar-refractivity contribution in [2.45, 2.75) is 19.8 Å². The molecule has 1 aliphatic heterocycles. The fourth-order valence-electron chi connectivity index (χ4n) is 2.73. The van der Waals surface area contributed by atoms with Crippen LogP contribution in [0.25, 0.3) is 0 Å². The number of piperazine rings is 1. The van der Waals surface area contributed by atoms with Gasteiger partial charge in [0.25, 0.3) is 5.91 Å². The number of hydrogen-bond acceptors (Lipinski definition) is 5. The molecule has 7 heteroatoms. The minimum Gasteiger partial charge on any atom is -0.482 e. The van der Waals surface area contributed by atoms with Gasteiger partial charge in [0, 0.05) is 32.7 Å². The minimum absolute atomic E-state index is 0.0367. The Balaban J connectivity index is 1.71. The number of benzene rings is 1. The second-order valence-electron chi connectivity index (χ2n) is 6.26. The molecule has 26 heavy (non-hydrogen) atoms. The molecule has 1 aliphatic rings. The van der Waals surface area contributed by atoms with E-state index in [-0.39, 0.29) is 18.4 Å². The Bertz CT molecular complexity index is 648. The maximum Gasteiger partial charge on any atom is 0.260 e. The summed E-state index contributed by atoms with van der Waals surface area (Å²) in [5.41, 5.74) is 0.416. The third-order valence-corrected chi connectivity index (χ3v) is 4.30. The number of nitriles is 1. The van der Waals surface area contributed by atoms with Crippen LogP contribution in [0.4, 0.5) is 0 Å². The summed E-state index contributed by atoms with van der Waals surface area (Å²) in [6.07, 6.45) is 2.05. The van der Waals surface area contributed by atoms with E-state index in [1.807, 2.05) is 6.07 Å². The largest absolute Gasteiger partial charge is 0.482 e. The highest BCUT2D eigenvalue weighted by molar-refractivity contribution is 5.79. The molecule has 7 nitrogen and oxygen atoms in total. The molecule has 0 bridgehead atoms. The maximum atomic E-state index is 12.3. The first-order valence-electron chi connectivity index (χ1n) is 9.02. The zero-order valence-electron chi connectivity index (χ0n) is 15.2. The highest BCUT2D eigenvalue weighted by Gasteiger charge is 2.22. The first kappa shape index (κ1) is 19.7. The fraction of sp³-hybridized carbons (Fsp3) is 0.526. The molecule has 140 valence electrons. The third-order valence-electron chi connectivity index (χ3n) is 4.30. The molecular weight excluding hydrogens is 332 g/mol. The van der Waals surface area contributed by atoms with E-state index in [1.165, 1.54) is 0 Å². The van der Waals surface area contributed by atoms with Gasteiger partial charge in [-0.2, -0.15) is 5.26 Å². The number of rotatable bonds is 8. The first-order valence-corrected chi connectivity index (χ1v) is 9.02. The molecule has 2 amide bonds. The lowest BCUT2D eigenvalue weighted by atomic mass is 10.2. The maximum absolute atomic E-state index is 12.3. The monoisotopic (exact) mass is 358 g/mol. The van der Waals surface area contributed by atoms with E-state index in [4.69, 9.17) is 10.00 Å². The number of carbonyl (C=O) groups is 2. The van der Waals surface area contributed by atoms with Crippen molar-refractivity contribution in [2.24, 2.45) is 0 Å². The molecule has 0 saturated carbocycles. The molecule has 0 aliphatic carbocycles. The van der Waals surface area contributed by atoms with Crippen LogP contribution in [0.3, 0.4) is 0 Å². The highest BCUT2D eigenvalue weighted by atomic mass is 16.5. The molecule has 0 atom stereocenters. The Morgan fingerprint density at radius 1 is 1.23 bits per heavy atom. The van der Waals surface area contributed by atoms with Gasteiger partial charge in [-0.3, -0.25) is 14.5 Å². The molecular formula is C19H26N4O3. The highest BCUT2D eigenvalue weighted by Crippen LogP contribution is 2.16. The number of carbonyl (C=O) groups excluding carboxylic acids is 2. The molecule has 1 aromatic rings. The molecule has 0 radical (unpaired) electrons. The van der Waals surface area contributed by atoms with Crippen molar-refractivity contribution >= 4 is 11.8 Å². The van der Waals surface area contributed by atoms with Crippen LogP contribution in [0.5, 0.6) is 5.75 Å². The smallest absolute Gasteiger partial charge is 0.260 e. The molecule has 0 aromatic heterocycles.